The molecule has 0 unspecified atom stereocenters. The van der Waals surface area contributed by atoms with Crippen molar-refractivity contribution in [3.63, 3.8) is 0 Å². The minimum absolute atomic E-state index is 0.0188. The molecule has 4 rings (SSSR count). The van der Waals surface area contributed by atoms with Crippen LogP contribution in [-0.2, 0) is 0 Å². The second-order valence-corrected chi connectivity index (χ2v) is 8.96. The monoisotopic (exact) mass is 400 g/mol. The first kappa shape index (κ1) is 19.2. The van der Waals surface area contributed by atoms with E-state index in [4.69, 9.17) is 4.74 Å². The van der Waals surface area contributed by atoms with Gasteiger partial charge in [-0.05, 0) is 49.8 Å². The first-order chi connectivity index (χ1) is 13.5. The van der Waals surface area contributed by atoms with Crippen LogP contribution in [0, 0.1) is 18.8 Å². The molecule has 1 fully saturated rings. The van der Waals surface area contributed by atoms with Crippen molar-refractivity contribution in [2.24, 2.45) is 11.8 Å². The second kappa shape index (κ2) is 7.72. The first-order valence-electron chi connectivity index (χ1n) is 9.98. The predicted molar refractivity (Wildman–Crippen MR) is 111 cm³/mol. The van der Waals surface area contributed by atoms with Crippen molar-refractivity contribution in [2.45, 2.75) is 40.2 Å². The smallest absolute Gasteiger partial charge is 0.230 e. The average Bonchev–Trinajstić information content (AvgIpc) is 3.14. The number of hydrogen-bond acceptors (Lipinski definition) is 6. The van der Waals surface area contributed by atoms with E-state index in [1.54, 1.807) is 4.52 Å². The van der Waals surface area contributed by atoms with Crippen molar-refractivity contribution >= 4 is 16.3 Å². The molecule has 28 heavy (non-hydrogen) atoms. The SMILES string of the molecule is CCOc1ccc([C@@H](c2sc3nc(C)nn3c2O)N2C[C@@H](C)C[C@H](C)C2)cc1. The number of aromatic nitrogens is 3. The lowest BCUT2D eigenvalue weighted by atomic mass is 9.89. The van der Waals surface area contributed by atoms with Crippen LogP contribution < -0.4 is 4.74 Å². The summed E-state index contributed by atoms with van der Waals surface area (Å²) in [6.45, 7) is 11.1. The van der Waals surface area contributed by atoms with E-state index >= 15 is 0 Å². The highest BCUT2D eigenvalue weighted by molar-refractivity contribution is 7.17. The van der Waals surface area contributed by atoms with Crippen LogP contribution in [0.3, 0.4) is 0 Å². The van der Waals surface area contributed by atoms with Gasteiger partial charge in [-0.3, -0.25) is 4.90 Å². The summed E-state index contributed by atoms with van der Waals surface area (Å²) in [5.74, 6) is 2.99. The van der Waals surface area contributed by atoms with Crippen LogP contribution in [0.2, 0.25) is 0 Å². The lowest BCUT2D eigenvalue weighted by molar-refractivity contribution is 0.112. The van der Waals surface area contributed by atoms with Crippen molar-refractivity contribution in [1.29, 1.82) is 0 Å². The maximum absolute atomic E-state index is 11.0. The average molecular weight is 401 g/mol. The summed E-state index contributed by atoms with van der Waals surface area (Å²) < 4.78 is 7.18. The minimum Gasteiger partial charge on any atom is -0.494 e. The van der Waals surface area contributed by atoms with Gasteiger partial charge in [-0.15, -0.1) is 5.10 Å². The molecule has 3 heterocycles. The zero-order valence-corrected chi connectivity index (χ0v) is 17.7. The fourth-order valence-electron chi connectivity index (χ4n) is 4.39. The number of hydrogen-bond donors (Lipinski definition) is 1. The minimum atomic E-state index is -0.0188. The Balaban J connectivity index is 1.78. The number of aryl methyl sites for hydroxylation is 1. The Hall–Kier alpha value is -2.12. The highest BCUT2D eigenvalue weighted by Crippen LogP contribution is 2.42. The van der Waals surface area contributed by atoms with Gasteiger partial charge in [-0.2, -0.15) is 4.52 Å². The van der Waals surface area contributed by atoms with Crippen LogP contribution in [0.25, 0.3) is 4.96 Å². The molecule has 0 saturated carbocycles. The maximum atomic E-state index is 11.0. The third-order valence-electron chi connectivity index (χ3n) is 5.32. The summed E-state index contributed by atoms with van der Waals surface area (Å²) in [7, 11) is 0. The van der Waals surface area contributed by atoms with Gasteiger partial charge in [0.25, 0.3) is 0 Å². The summed E-state index contributed by atoms with van der Waals surface area (Å²) in [5, 5.41) is 15.3. The lowest BCUT2D eigenvalue weighted by Gasteiger charge is -2.40. The van der Waals surface area contributed by atoms with Gasteiger partial charge < -0.3 is 9.84 Å². The Kier molecular flexibility index (Phi) is 5.29. The summed E-state index contributed by atoms with van der Waals surface area (Å²) in [6, 6.07) is 8.23. The van der Waals surface area contributed by atoms with Gasteiger partial charge in [0, 0.05) is 13.1 Å². The van der Waals surface area contributed by atoms with Crippen LogP contribution in [0.1, 0.15) is 49.5 Å². The molecule has 3 aromatic rings. The third-order valence-corrected chi connectivity index (χ3v) is 6.40. The van der Waals surface area contributed by atoms with E-state index in [2.05, 4.69) is 41.0 Å². The molecule has 0 aliphatic carbocycles. The van der Waals surface area contributed by atoms with E-state index in [0.29, 0.717) is 24.3 Å². The van der Waals surface area contributed by atoms with Crippen LogP contribution in [-0.4, -0.2) is 44.3 Å². The normalized spacial score (nSPS) is 21.9. The third kappa shape index (κ3) is 3.61. The topological polar surface area (TPSA) is 62.9 Å². The predicted octanol–water partition coefficient (Wildman–Crippen LogP) is 4.27. The Bertz CT molecular complexity index is 939. The van der Waals surface area contributed by atoms with Crippen LogP contribution in [0.4, 0.5) is 0 Å². The summed E-state index contributed by atoms with van der Waals surface area (Å²) in [4.78, 5) is 8.59. The highest BCUT2D eigenvalue weighted by atomic mass is 32.1. The van der Waals surface area contributed by atoms with E-state index in [-0.39, 0.29) is 11.9 Å². The first-order valence-corrected chi connectivity index (χ1v) is 10.8. The van der Waals surface area contributed by atoms with E-state index in [1.165, 1.54) is 17.8 Å². The molecule has 7 heteroatoms. The number of piperidine rings is 1. The summed E-state index contributed by atoms with van der Waals surface area (Å²) in [6.07, 6.45) is 1.24. The molecule has 0 bridgehead atoms. The fraction of sp³-hybridized carbons (Fsp3) is 0.524. The number of thiazole rings is 1. The van der Waals surface area contributed by atoms with Gasteiger partial charge in [0.2, 0.25) is 10.8 Å². The maximum Gasteiger partial charge on any atom is 0.230 e. The molecule has 1 saturated heterocycles. The number of aromatic hydroxyl groups is 1. The molecule has 0 amide bonds. The number of fused-ring (bicyclic) bond motifs is 1. The van der Waals surface area contributed by atoms with Crippen LogP contribution in [0.5, 0.6) is 11.6 Å². The van der Waals surface area contributed by atoms with Crippen molar-refractivity contribution in [1.82, 2.24) is 19.5 Å². The molecule has 1 aromatic carbocycles. The van der Waals surface area contributed by atoms with Crippen molar-refractivity contribution in [3.05, 3.63) is 40.5 Å². The Morgan fingerprint density at radius 3 is 2.50 bits per heavy atom. The van der Waals surface area contributed by atoms with Gasteiger partial charge in [0.15, 0.2) is 0 Å². The van der Waals surface area contributed by atoms with E-state index in [9.17, 15) is 5.11 Å². The number of rotatable bonds is 5. The number of ether oxygens (including phenoxy) is 1. The Morgan fingerprint density at radius 1 is 1.21 bits per heavy atom. The van der Waals surface area contributed by atoms with Gasteiger partial charge >= 0.3 is 0 Å². The van der Waals surface area contributed by atoms with E-state index in [1.807, 2.05) is 26.0 Å². The van der Waals surface area contributed by atoms with E-state index < -0.39 is 0 Å². The summed E-state index contributed by atoms with van der Waals surface area (Å²) >= 11 is 1.52. The van der Waals surface area contributed by atoms with Gasteiger partial charge in [0.1, 0.15) is 11.6 Å². The molecule has 1 aliphatic rings. The van der Waals surface area contributed by atoms with Crippen molar-refractivity contribution in [2.75, 3.05) is 19.7 Å². The molecule has 3 atom stereocenters. The number of likely N-dealkylation sites (tertiary alicyclic amines) is 1. The number of benzene rings is 1. The quantitative estimate of drug-likeness (QED) is 0.693. The Labute approximate surface area is 169 Å². The fourth-order valence-corrected chi connectivity index (χ4v) is 5.55. The molecule has 0 spiro atoms. The zero-order chi connectivity index (χ0) is 19.8. The number of nitrogens with zero attached hydrogens (tertiary/aromatic N) is 4. The molecule has 0 radical (unpaired) electrons. The van der Waals surface area contributed by atoms with Crippen LogP contribution in [0.15, 0.2) is 24.3 Å². The lowest BCUT2D eigenvalue weighted by Crippen LogP contribution is -2.41. The molecule has 150 valence electrons. The highest BCUT2D eigenvalue weighted by Gasteiger charge is 2.33. The Morgan fingerprint density at radius 2 is 1.89 bits per heavy atom. The van der Waals surface area contributed by atoms with Crippen molar-refractivity contribution in [3.8, 4) is 11.6 Å². The molecular weight excluding hydrogens is 372 g/mol. The van der Waals surface area contributed by atoms with Gasteiger partial charge in [-0.25, -0.2) is 4.98 Å². The molecule has 2 aromatic heterocycles. The molecule has 1 aliphatic heterocycles. The molecule has 1 N–H and O–H groups in total. The van der Waals surface area contributed by atoms with Gasteiger partial charge in [0.05, 0.1) is 17.5 Å². The zero-order valence-electron chi connectivity index (χ0n) is 16.9. The largest absolute Gasteiger partial charge is 0.494 e. The van der Waals surface area contributed by atoms with Crippen LogP contribution >= 0.6 is 11.3 Å². The molecular formula is C21H28N4O2S. The molecule has 6 nitrogen and oxygen atoms in total. The van der Waals surface area contributed by atoms with Crippen molar-refractivity contribution < 1.29 is 9.84 Å². The summed E-state index contributed by atoms with van der Waals surface area (Å²) in [5.41, 5.74) is 1.15. The van der Waals surface area contributed by atoms with E-state index in [0.717, 1.165) is 34.2 Å². The second-order valence-electron chi connectivity index (χ2n) is 7.95. The van der Waals surface area contributed by atoms with Gasteiger partial charge in [-0.1, -0.05) is 37.3 Å². The standard InChI is InChI=1S/C21H28N4O2S/c1-5-27-17-8-6-16(7-9-17)18(24-11-13(2)10-14(3)12-24)19-20(26)25-21(28-19)22-15(4)23-25/h6-9,13-14,18,26H,5,10-12H2,1-4H3/t13-,14-,18-/m0/s1.